The van der Waals surface area contributed by atoms with E-state index < -0.39 is 17.9 Å². The molecule has 0 aliphatic rings. The largest absolute Gasteiger partial charge is 0.478 e. The van der Waals surface area contributed by atoms with Crippen LogP contribution < -0.4 is 5.32 Å². The number of imide groups is 1. The molecule has 0 radical (unpaired) electrons. The topological polar surface area (TPSA) is 90.0 Å². The summed E-state index contributed by atoms with van der Waals surface area (Å²) < 4.78 is 0. The Morgan fingerprint density at radius 3 is 2.20 bits per heavy atom. The lowest BCUT2D eigenvalue weighted by atomic mass is 10.2. The van der Waals surface area contributed by atoms with Crippen molar-refractivity contribution in [3.05, 3.63) is 12.2 Å². The molecule has 0 aliphatic heterocycles. The first-order valence-electron chi connectivity index (χ1n) is 6.38. The Labute approximate surface area is 119 Å². The Morgan fingerprint density at radius 2 is 1.75 bits per heavy atom. The highest BCUT2D eigenvalue weighted by Crippen LogP contribution is 1.99. The van der Waals surface area contributed by atoms with Gasteiger partial charge in [0.2, 0.25) is 0 Å². The molecular weight excluding hydrogens is 262 g/mol. The molecule has 0 unspecified atom stereocenters. The maximum Gasteiger partial charge on any atom is 0.328 e. The maximum absolute atomic E-state index is 11.9. The summed E-state index contributed by atoms with van der Waals surface area (Å²) in [7, 11) is 3.79. The van der Waals surface area contributed by atoms with Crippen molar-refractivity contribution in [2.24, 2.45) is 5.92 Å². The summed E-state index contributed by atoms with van der Waals surface area (Å²) in [6.07, 6.45) is 1.51. The highest BCUT2D eigenvalue weighted by atomic mass is 16.4. The van der Waals surface area contributed by atoms with Crippen LogP contribution in [0.2, 0.25) is 0 Å². The Kier molecular flexibility index (Phi) is 8.23. The Bertz CT molecular complexity index is 378. The van der Waals surface area contributed by atoms with Crippen molar-refractivity contribution in [1.82, 2.24) is 15.1 Å². The second-order valence-corrected chi connectivity index (χ2v) is 5.11. The van der Waals surface area contributed by atoms with Gasteiger partial charge < -0.3 is 14.9 Å². The smallest absolute Gasteiger partial charge is 0.328 e. The maximum atomic E-state index is 11.9. The first-order chi connectivity index (χ1) is 9.22. The van der Waals surface area contributed by atoms with Crippen LogP contribution in [-0.2, 0) is 9.59 Å². The molecule has 0 fully saturated rings. The van der Waals surface area contributed by atoms with E-state index in [0.29, 0.717) is 25.7 Å². The predicted octanol–water partition coefficient (Wildman–Crippen LogP) is 0.383. The van der Waals surface area contributed by atoms with E-state index >= 15 is 0 Å². The second-order valence-electron chi connectivity index (χ2n) is 5.11. The Balaban J connectivity index is 4.53. The van der Waals surface area contributed by atoms with Gasteiger partial charge in [0, 0.05) is 31.8 Å². The third-order valence-corrected chi connectivity index (χ3v) is 2.30. The molecule has 0 aromatic rings. The van der Waals surface area contributed by atoms with Gasteiger partial charge in [-0.2, -0.15) is 0 Å². The number of nitrogens with one attached hydrogen (secondary N) is 1. The van der Waals surface area contributed by atoms with Gasteiger partial charge in [0.05, 0.1) is 0 Å². The van der Waals surface area contributed by atoms with Crippen molar-refractivity contribution in [3.8, 4) is 0 Å². The SMILES string of the molecule is CC(C)CN(CCN(C)C)C(=O)NC(=O)C=CC(=O)O. The summed E-state index contributed by atoms with van der Waals surface area (Å²) in [5.74, 6) is -1.71. The van der Waals surface area contributed by atoms with Gasteiger partial charge >= 0.3 is 12.0 Å². The van der Waals surface area contributed by atoms with Gasteiger partial charge in [-0.05, 0) is 20.0 Å². The van der Waals surface area contributed by atoms with Crippen LogP contribution in [0.5, 0.6) is 0 Å². The number of likely N-dealkylation sites (N-methyl/N-ethyl adjacent to an activating group) is 1. The van der Waals surface area contributed by atoms with Gasteiger partial charge in [0.1, 0.15) is 0 Å². The number of hydrogen-bond donors (Lipinski definition) is 2. The van der Waals surface area contributed by atoms with Crippen molar-refractivity contribution in [2.75, 3.05) is 33.7 Å². The third kappa shape index (κ3) is 9.09. The minimum atomic E-state index is -1.24. The molecule has 20 heavy (non-hydrogen) atoms. The van der Waals surface area contributed by atoms with Gasteiger partial charge in [0.25, 0.3) is 5.91 Å². The molecule has 114 valence electrons. The number of aliphatic carboxylic acids is 1. The molecule has 0 spiro atoms. The van der Waals surface area contributed by atoms with E-state index in [1.807, 2.05) is 32.8 Å². The highest BCUT2D eigenvalue weighted by Gasteiger charge is 2.16. The minimum Gasteiger partial charge on any atom is -0.478 e. The summed E-state index contributed by atoms with van der Waals surface area (Å²) in [4.78, 5) is 37.1. The van der Waals surface area contributed by atoms with Gasteiger partial charge in [-0.3, -0.25) is 10.1 Å². The van der Waals surface area contributed by atoms with E-state index in [9.17, 15) is 14.4 Å². The van der Waals surface area contributed by atoms with E-state index in [-0.39, 0.29) is 5.92 Å². The fourth-order valence-corrected chi connectivity index (χ4v) is 1.41. The second kappa shape index (κ2) is 9.08. The predicted molar refractivity (Wildman–Crippen MR) is 75.3 cm³/mol. The summed E-state index contributed by atoms with van der Waals surface area (Å²) in [5, 5.41) is 10.5. The van der Waals surface area contributed by atoms with Crippen LogP contribution in [0.25, 0.3) is 0 Å². The number of hydrogen-bond acceptors (Lipinski definition) is 4. The molecule has 0 aliphatic carbocycles. The van der Waals surface area contributed by atoms with Crippen molar-refractivity contribution >= 4 is 17.9 Å². The Hall–Kier alpha value is -1.89. The van der Waals surface area contributed by atoms with Crippen LogP contribution in [0.1, 0.15) is 13.8 Å². The molecule has 7 nitrogen and oxygen atoms in total. The molecule has 2 N–H and O–H groups in total. The molecule has 0 rings (SSSR count). The minimum absolute atomic E-state index is 0.271. The third-order valence-electron chi connectivity index (χ3n) is 2.30. The Morgan fingerprint density at radius 1 is 1.15 bits per heavy atom. The van der Waals surface area contributed by atoms with E-state index in [2.05, 4.69) is 5.32 Å². The number of carboxylic acid groups (broad SMARTS) is 1. The molecule has 3 amide bonds. The van der Waals surface area contributed by atoms with Crippen LogP contribution in [0.15, 0.2) is 12.2 Å². The molecule has 0 heterocycles. The zero-order valence-electron chi connectivity index (χ0n) is 12.4. The highest BCUT2D eigenvalue weighted by molar-refractivity contribution is 6.02. The van der Waals surface area contributed by atoms with Gasteiger partial charge in [-0.15, -0.1) is 0 Å². The number of carbonyl (C=O) groups excluding carboxylic acids is 2. The standard InChI is InChI=1S/C13H23N3O4/c1-10(2)9-16(8-7-15(3)4)13(20)14-11(17)5-6-12(18)19/h5-6,10H,7-9H2,1-4H3,(H,18,19)(H,14,17,20). The van der Waals surface area contributed by atoms with E-state index in [1.165, 1.54) is 4.90 Å². The number of nitrogens with zero attached hydrogens (tertiary/aromatic N) is 2. The van der Waals surface area contributed by atoms with Crippen molar-refractivity contribution in [3.63, 3.8) is 0 Å². The summed E-state index contributed by atoms with van der Waals surface area (Å²) in [6, 6.07) is -0.513. The van der Waals surface area contributed by atoms with Gasteiger partial charge in [-0.1, -0.05) is 13.8 Å². The molecule has 0 bridgehead atoms. The number of carbonyl (C=O) groups is 3. The normalized spacial score (nSPS) is 11.1. The van der Waals surface area contributed by atoms with Crippen molar-refractivity contribution < 1.29 is 19.5 Å². The first-order valence-corrected chi connectivity index (χ1v) is 6.38. The van der Waals surface area contributed by atoms with Crippen LogP contribution >= 0.6 is 0 Å². The monoisotopic (exact) mass is 285 g/mol. The fraction of sp³-hybridized carbons (Fsp3) is 0.615. The van der Waals surface area contributed by atoms with Crippen LogP contribution in [0, 0.1) is 5.92 Å². The molecular formula is C13H23N3O4. The number of rotatable bonds is 7. The molecule has 0 saturated carbocycles. The molecule has 0 aromatic heterocycles. The average molecular weight is 285 g/mol. The lowest BCUT2D eigenvalue weighted by Crippen LogP contribution is -2.46. The van der Waals surface area contributed by atoms with Gasteiger partial charge in [-0.25, -0.2) is 9.59 Å². The fourth-order valence-electron chi connectivity index (χ4n) is 1.41. The average Bonchev–Trinajstić information content (AvgIpc) is 2.31. The quantitative estimate of drug-likeness (QED) is 0.660. The molecule has 7 heteroatoms. The first kappa shape index (κ1) is 18.1. The van der Waals surface area contributed by atoms with E-state index in [1.54, 1.807) is 0 Å². The summed E-state index contributed by atoms with van der Waals surface area (Å²) in [6.45, 7) is 5.64. The molecule has 0 aromatic carbocycles. The lowest BCUT2D eigenvalue weighted by Gasteiger charge is -2.25. The lowest BCUT2D eigenvalue weighted by molar-refractivity contribution is -0.131. The number of urea groups is 1. The van der Waals surface area contributed by atoms with Crippen LogP contribution in [-0.4, -0.2) is 66.5 Å². The number of carboxylic acids is 1. The zero-order valence-corrected chi connectivity index (χ0v) is 12.4. The number of amides is 3. The van der Waals surface area contributed by atoms with Crippen LogP contribution in [0.4, 0.5) is 4.79 Å². The van der Waals surface area contributed by atoms with Crippen LogP contribution in [0.3, 0.4) is 0 Å². The zero-order chi connectivity index (χ0) is 15.7. The molecule has 0 saturated heterocycles. The molecule has 0 atom stereocenters. The van der Waals surface area contributed by atoms with Crippen molar-refractivity contribution in [1.29, 1.82) is 0 Å². The summed E-state index contributed by atoms with van der Waals surface area (Å²) >= 11 is 0. The van der Waals surface area contributed by atoms with E-state index in [0.717, 1.165) is 6.08 Å². The summed E-state index contributed by atoms with van der Waals surface area (Å²) in [5.41, 5.74) is 0. The van der Waals surface area contributed by atoms with E-state index in [4.69, 9.17) is 5.11 Å². The van der Waals surface area contributed by atoms with Crippen molar-refractivity contribution in [2.45, 2.75) is 13.8 Å². The van der Waals surface area contributed by atoms with Gasteiger partial charge in [0.15, 0.2) is 0 Å².